The first-order valence-corrected chi connectivity index (χ1v) is 7.25. The van der Waals surface area contributed by atoms with Gasteiger partial charge in [0.15, 0.2) is 0 Å². The topological polar surface area (TPSA) is 73.1 Å². The number of nitrogens with zero attached hydrogens (tertiary/aromatic N) is 3. The van der Waals surface area contributed by atoms with Gasteiger partial charge in [0.1, 0.15) is 5.76 Å². The summed E-state index contributed by atoms with van der Waals surface area (Å²) in [4.78, 5) is 13.3. The van der Waals surface area contributed by atoms with E-state index in [9.17, 15) is 0 Å². The first-order valence-electron chi connectivity index (χ1n) is 7.25. The van der Waals surface area contributed by atoms with E-state index in [1.807, 2.05) is 13.8 Å². The maximum Gasteiger partial charge on any atom is 0.316 e. The number of aromatic nitrogens is 3. The molecule has 1 N–H and O–H groups in total. The normalized spacial score (nSPS) is 18.7. The van der Waals surface area contributed by atoms with Crippen molar-refractivity contribution >= 4 is 0 Å². The Hall–Kier alpha value is -1.95. The van der Waals surface area contributed by atoms with Crippen molar-refractivity contribution in [3.05, 3.63) is 23.3 Å². The Morgan fingerprint density at radius 3 is 2.81 bits per heavy atom. The van der Waals surface area contributed by atoms with Crippen LogP contribution in [0.1, 0.15) is 35.9 Å². The van der Waals surface area contributed by atoms with Crippen LogP contribution >= 0.6 is 0 Å². The average Bonchev–Trinajstić information content (AvgIpc) is 2.87. The lowest BCUT2D eigenvalue weighted by molar-refractivity contribution is 0.372. The zero-order valence-electron chi connectivity index (χ0n) is 12.6. The second-order valence-corrected chi connectivity index (χ2v) is 5.36. The van der Waals surface area contributed by atoms with Crippen molar-refractivity contribution in [2.24, 2.45) is 0 Å². The van der Waals surface area contributed by atoms with E-state index in [0.717, 1.165) is 48.6 Å². The molecule has 21 heavy (non-hydrogen) atoms. The number of oxazole rings is 1. The van der Waals surface area contributed by atoms with E-state index in [-0.39, 0.29) is 0 Å². The van der Waals surface area contributed by atoms with Crippen molar-refractivity contribution in [3.63, 3.8) is 0 Å². The number of hydrogen-bond donors (Lipinski definition) is 1. The molecule has 6 heteroatoms. The molecule has 1 aliphatic heterocycles. The number of aryl methyl sites for hydroxylation is 2. The van der Waals surface area contributed by atoms with Gasteiger partial charge in [-0.15, -0.1) is 0 Å². The summed E-state index contributed by atoms with van der Waals surface area (Å²) in [6, 6.07) is 0.388. The lowest BCUT2D eigenvalue weighted by Crippen LogP contribution is -2.29. The van der Waals surface area contributed by atoms with Gasteiger partial charge in [-0.1, -0.05) is 0 Å². The molecule has 1 fully saturated rings. The first-order chi connectivity index (χ1) is 10.2. The van der Waals surface area contributed by atoms with Gasteiger partial charge in [-0.3, -0.25) is 0 Å². The molecule has 1 atom stereocenters. The molecule has 2 aromatic heterocycles. The molecular weight excluding hydrogens is 268 g/mol. The van der Waals surface area contributed by atoms with Crippen LogP contribution in [0.5, 0.6) is 6.01 Å². The second kappa shape index (κ2) is 5.81. The summed E-state index contributed by atoms with van der Waals surface area (Å²) in [5.41, 5.74) is 2.71. The van der Waals surface area contributed by atoms with Gasteiger partial charge in [-0.25, -0.2) is 9.97 Å². The van der Waals surface area contributed by atoms with Crippen LogP contribution in [0, 0.1) is 13.8 Å². The molecule has 3 rings (SSSR count). The molecule has 2 aromatic rings. The van der Waals surface area contributed by atoms with E-state index < -0.39 is 0 Å². The summed E-state index contributed by atoms with van der Waals surface area (Å²) in [6.45, 7) is 5.82. The molecule has 6 nitrogen and oxygen atoms in total. The molecule has 0 aromatic carbocycles. The Bertz CT molecular complexity index is 613. The number of rotatable bonds is 3. The lowest BCUT2D eigenvalue weighted by atomic mass is 9.93. The average molecular weight is 288 g/mol. The Morgan fingerprint density at radius 1 is 1.33 bits per heavy atom. The quantitative estimate of drug-likeness (QED) is 0.933. The van der Waals surface area contributed by atoms with Crippen molar-refractivity contribution < 1.29 is 9.15 Å². The summed E-state index contributed by atoms with van der Waals surface area (Å²) in [6.07, 6.45) is 3.99. The third-order valence-electron chi connectivity index (χ3n) is 3.92. The maximum absolute atomic E-state index is 5.75. The predicted octanol–water partition coefficient (Wildman–Crippen LogP) is 2.22. The van der Waals surface area contributed by atoms with Gasteiger partial charge >= 0.3 is 6.01 Å². The van der Waals surface area contributed by atoms with Crippen molar-refractivity contribution in [2.75, 3.05) is 20.2 Å². The van der Waals surface area contributed by atoms with E-state index in [2.05, 4.69) is 20.3 Å². The molecule has 1 aliphatic rings. The smallest absolute Gasteiger partial charge is 0.316 e. The minimum atomic E-state index is 0.332. The zero-order chi connectivity index (χ0) is 14.8. The number of piperidine rings is 1. The highest BCUT2D eigenvalue weighted by Crippen LogP contribution is 2.32. The minimum absolute atomic E-state index is 0.332. The van der Waals surface area contributed by atoms with Crippen LogP contribution in [0.3, 0.4) is 0 Å². The molecule has 0 unspecified atom stereocenters. The molecule has 0 saturated carbocycles. The van der Waals surface area contributed by atoms with Crippen molar-refractivity contribution in [1.29, 1.82) is 0 Å². The van der Waals surface area contributed by atoms with Gasteiger partial charge in [0, 0.05) is 18.7 Å². The van der Waals surface area contributed by atoms with E-state index in [4.69, 9.17) is 9.15 Å². The fraction of sp³-hybridized carbons (Fsp3) is 0.533. The predicted molar refractivity (Wildman–Crippen MR) is 78.4 cm³/mol. The molecular formula is C15H20N4O2. The van der Waals surface area contributed by atoms with Gasteiger partial charge in [-0.05, 0) is 33.2 Å². The largest absolute Gasteiger partial charge is 0.467 e. The van der Waals surface area contributed by atoms with Crippen LogP contribution in [-0.2, 0) is 0 Å². The number of methoxy groups -OCH3 is 1. The third kappa shape index (κ3) is 2.76. The molecule has 0 amide bonds. The Labute approximate surface area is 124 Å². The fourth-order valence-electron chi connectivity index (χ4n) is 2.63. The summed E-state index contributed by atoms with van der Waals surface area (Å²) >= 11 is 0. The fourth-order valence-corrected chi connectivity index (χ4v) is 2.63. The van der Waals surface area contributed by atoms with Gasteiger partial charge in [0.05, 0.1) is 24.1 Å². The lowest BCUT2D eigenvalue weighted by Gasteiger charge is -2.23. The zero-order valence-corrected chi connectivity index (χ0v) is 12.6. The molecule has 112 valence electrons. The molecule has 0 bridgehead atoms. The van der Waals surface area contributed by atoms with E-state index in [1.165, 1.54) is 0 Å². The van der Waals surface area contributed by atoms with Crippen molar-refractivity contribution in [2.45, 2.75) is 32.6 Å². The van der Waals surface area contributed by atoms with Gasteiger partial charge < -0.3 is 14.5 Å². The Morgan fingerprint density at radius 2 is 2.19 bits per heavy atom. The highest BCUT2D eigenvalue weighted by Gasteiger charge is 2.24. The summed E-state index contributed by atoms with van der Waals surface area (Å²) < 4.78 is 10.9. The van der Waals surface area contributed by atoms with Crippen LogP contribution in [-0.4, -0.2) is 35.2 Å². The maximum atomic E-state index is 5.75. The monoisotopic (exact) mass is 288 g/mol. The van der Waals surface area contributed by atoms with E-state index in [1.54, 1.807) is 13.3 Å². The van der Waals surface area contributed by atoms with Gasteiger partial charge in [0.25, 0.3) is 0 Å². The molecule has 0 radical (unpaired) electrons. The number of nitrogens with one attached hydrogen (secondary N) is 1. The second-order valence-electron chi connectivity index (χ2n) is 5.36. The SMILES string of the molecule is COc1ncc(-c2nc(C)c(C)o2)c([C@H]2CCCNC2)n1. The highest BCUT2D eigenvalue weighted by atomic mass is 16.5. The van der Waals surface area contributed by atoms with Crippen LogP contribution in [0.2, 0.25) is 0 Å². The third-order valence-corrected chi connectivity index (χ3v) is 3.92. The summed E-state index contributed by atoms with van der Waals surface area (Å²) in [7, 11) is 1.58. The number of hydrogen-bond acceptors (Lipinski definition) is 6. The Balaban J connectivity index is 2.05. The van der Waals surface area contributed by atoms with Crippen molar-refractivity contribution in [1.82, 2.24) is 20.3 Å². The van der Waals surface area contributed by atoms with Gasteiger partial charge in [-0.2, -0.15) is 4.98 Å². The first kappa shape index (κ1) is 14.0. The highest BCUT2D eigenvalue weighted by molar-refractivity contribution is 5.57. The van der Waals surface area contributed by atoms with Crippen LogP contribution in [0.15, 0.2) is 10.6 Å². The standard InChI is InChI=1S/C15H20N4O2/c1-9-10(2)21-14(18-9)12-8-17-15(20-3)19-13(12)11-5-4-6-16-7-11/h8,11,16H,4-7H2,1-3H3/t11-/m0/s1. The van der Waals surface area contributed by atoms with Crippen LogP contribution < -0.4 is 10.1 Å². The Kier molecular flexibility index (Phi) is 3.88. The molecule has 3 heterocycles. The summed E-state index contributed by atoms with van der Waals surface area (Å²) in [5, 5.41) is 3.41. The van der Waals surface area contributed by atoms with E-state index >= 15 is 0 Å². The van der Waals surface area contributed by atoms with Gasteiger partial charge in [0.2, 0.25) is 5.89 Å². The van der Waals surface area contributed by atoms with Crippen molar-refractivity contribution in [3.8, 4) is 17.5 Å². The molecule has 0 aliphatic carbocycles. The van der Waals surface area contributed by atoms with Crippen LogP contribution in [0.25, 0.3) is 11.5 Å². The number of ether oxygens (including phenoxy) is 1. The van der Waals surface area contributed by atoms with Crippen LogP contribution in [0.4, 0.5) is 0 Å². The molecule has 0 spiro atoms. The van der Waals surface area contributed by atoms with E-state index in [0.29, 0.717) is 17.8 Å². The summed E-state index contributed by atoms with van der Waals surface area (Å²) in [5.74, 6) is 1.75. The minimum Gasteiger partial charge on any atom is -0.467 e. The molecule has 1 saturated heterocycles.